The number of nitrogens with zero attached hydrogens (tertiary/aromatic N) is 1. The van der Waals surface area contributed by atoms with E-state index in [2.05, 4.69) is 46.7 Å². The van der Waals surface area contributed by atoms with Crippen molar-refractivity contribution in [2.75, 3.05) is 30.3 Å². The molecule has 0 aliphatic rings. The highest BCUT2D eigenvalue weighted by Crippen LogP contribution is 2.20. The molecule has 0 atom stereocenters. The maximum Gasteiger partial charge on any atom is 0.238 e. The van der Waals surface area contributed by atoms with Gasteiger partial charge in [-0.1, -0.05) is 43.7 Å². The lowest BCUT2D eigenvalue weighted by Gasteiger charge is -2.18. The van der Waals surface area contributed by atoms with E-state index in [9.17, 15) is 9.59 Å². The second kappa shape index (κ2) is 10.6. The molecule has 2 amide bonds. The van der Waals surface area contributed by atoms with E-state index in [1.54, 1.807) is 0 Å². The van der Waals surface area contributed by atoms with Gasteiger partial charge in [-0.05, 0) is 62.7 Å². The summed E-state index contributed by atoms with van der Waals surface area (Å²) in [6, 6.07) is 13.8. The number of rotatable bonds is 9. The van der Waals surface area contributed by atoms with Crippen LogP contribution in [-0.2, 0) is 16.0 Å². The number of benzene rings is 2. The Morgan fingerprint density at radius 3 is 2.18 bits per heavy atom. The molecule has 2 aromatic carbocycles. The van der Waals surface area contributed by atoms with E-state index >= 15 is 0 Å². The van der Waals surface area contributed by atoms with Crippen molar-refractivity contribution in [1.82, 2.24) is 4.90 Å². The number of aryl methyl sites for hydroxylation is 3. The Labute approximate surface area is 168 Å². The first-order valence-electron chi connectivity index (χ1n) is 9.89. The number of anilines is 2. The Balaban J connectivity index is 1.87. The van der Waals surface area contributed by atoms with Crippen LogP contribution in [0.1, 0.15) is 37.0 Å². The highest BCUT2D eigenvalue weighted by molar-refractivity contribution is 5.94. The summed E-state index contributed by atoms with van der Waals surface area (Å²) in [5.41, 5.74) is 4.81. The van der Waals surface area contributed by atoms with Crippen LogP contribution >= 0.6 is 0 Å². The van der Waals surface area contributed by atoms with Gasteiger partial charge in [-0.2, -0.15) is 0 Å². The minimum atomic E-state index is -0.0262. The predicted molar refractivity (Wildman–Crippen MR) is 116 cm³/mol. The van der Waals surface area contributed by atoms with Crippen molar-refractivity contribution < 1.29 is 9.59 Å². The van der Waals surface area contributed by atoms with E-state index < -0.39 is 0 Å². The summed E-state index contributed by atoms with van der Waals surface area (Å²) in [5, 5.41) is 5.88. The van der Waals surface area contributed by atoms with Gasteiger partial charge in [0, 0.05) is 17.8 Å². The van der Waals surface area contributed by atoms with Gasteiger partial charge in [-0.15, -0.1) is 0 Å². The third-order valence-electron chi connectivity index (χ3n) is 4.81. The van der Waals surface area contributed by atoms with E-state index in [4.69, 9.17) is 0 Å². The molecule has 0 heterocycles. The zero-order chi connectivity index (χ0) is 20.5. The number of carbonyl (C=O) groups excluding carboxylic acids is 2. The Morgan fingerprint density at radius 2 is 1.57 bits per heavy atom. The largest absolute Gasteiger partial charge is 0.326 e. The lowest BCUT2D eigenvalue weighted by Crippen LogP contribution is -2.33. The predicted octanol–water partition coefficient (Wildman–Crippen LogP) is 4.16. The minimum Gasteiger partial charge on any atom is -0.326 e. The molecular formula is C23H31N3O2. The van der Waals surface area contributed by atoms with Crippen LogP contribution in [0.3, 0.4) is 0 Å². The molecule has 150 valence electrons. The fourth-order valence-corrected chi connectivity index (χ4v) is 2.96. The summed E-state index contributed by atoms with van der Waals surface area (Å²) in [5.74, 6) is -0.0417. The van der Waals surface area contributed by atoms with Crippen LogP contribution in [0.5, 0.6) is 0 Å². The quantitative estimate of drug-likeness (QED) is 0.686. The fourth-order valence-electron chi connectivity index (χ4n) is 2.96. The Morgan fingerprint density at radius 1 is 0.893 bits per heavy atom. The van der Waals surface area contributed by atoms with Crippen molar-refractivity contribution in [3.8, 4) is 0 Å². The lowest BCUT2D eigenvalue weighted by atomic mass is 10.1. The molecule has 2 rings (SSSR count). The molecule has 0 aliphatic carbocycles. The highest BCUT2D eigenvalue weighted by Gasteiger charge is 2.10. The van der Waals surface area contributed by atoms with Crippen LogP contribution in [0, 0.1) is 13.8 Å². The van der Waals surface area contributed by atoms with E-state index in [0.29, 0.717) is 19.4 Å². The van der Waals surface area contributed by atoms with Gasteiger partial charge in [0.2, 0.25) is 11.8 Å². The first-order chi connectivity index (χ1) is 13.4. The second-order valence-corrected chi connectivity index (χ2v) is 7.07. The van der Waals surface area contributed by atoms with Crippen LogP contribution in [0.15, 0.2) is 42.5 Å². The van der Waals surface area contributed by atoms with Crippen molar-refractivity contribution in [3.63, 3.8) is 0 Å². The Kier molecular flexibility index (Phi) is 8.20. The van der Waals surface area contributed by atoms with Crippen LogP contribution < -0.4 is 10.6 Å². The molecule has 0 aromatic heterocycles. The number of amides is 2. The molecule has 0 spiro atoms. The van der Waals surface area contributed by atoms with Crippen LogP contribution in [0.25, 0.3) is 0 Å². The molecule has 0 saturated carbocycles. The number of hydrogen-bond acceptors (Lipinski definition) is 3. The smallest absolute Gasteiger partial charge is 0.238 e. The number of nitrogens with one attached hydrogen (secondary N) is 2. The summed E-state index contributed by atoms with van der Waals surface area (Å²) in [6.45, 7) is 10.1. The van der Waals surface area contributed by atoms with Crippen molar-refractivity contribution in [2.45, 2.75) is 40.5 Å². The lowest BCUT2D eigenvalue weighted by molar-refractivity contribution is -0.117. The molecule has 0 bridgehead atoms. The van der Waals surface area contributed by atoms with Crippen LogP contribution in [0.2, 0.25) is 0 Å². The highest BCUT2D eigenvalue weighted by atomic mass is 16.2. The van der Waals surface area contributed by atoms with E-state index in [1.807, 2.05) is 39.0 Å². The average Bonchev–Trinajstić information content (AvgIpc) is 2.68. The van der Waals surface area contributed by atoms with Crippen molar-refractivity contribution in [2.24, 2.45) is 0 Å². The zero-order valence-corrected chi connectivity index (χ0v) is 17.3. The molecule has 28 heavy (non-hydrogen) atoms. The van der Waals surface area contributed by atoms with Gasteiger partial charge in [-0.25, -0.2) is 0 Å². The molecule has 0 radical (unpaired) electrons. The maximum atomic E-state index is 12.2. The first kappa shape index (κ1) is 21.6. The summed E-state index contributed by atoms with van der Waals surface area (Å²) < 4.78 is 0. The van der Waals surface area contributed by atoms with Crippen molar-refractivity contribution >= 4 is 23.2 Å². The third kappa shape index (κ3) is 6.82. The van der Waals surface area contributed by atoms with Crippen LogP contribution in [0.4, 0.5) is 11.4 Å². The molecule has 2 N–H and O–H groups in total. The number of likely N-dealkylation sites (N-methyl/N-ethyl adjacent to an activating group) is 1. The van der Waals surface area contributed by atoms with Gasteiger partial charge in [0.15, 0.2) is 0 Å². The standard InChI is InChI=1S/C23H31N3O2/c1-5-26(6-2)16-23(28)25-21-13-12-20(15-18(21)4)24-22(27)14-11-19-9-7-17(3)8-10-19/h7-10,12-13,15H,5-6,11,14,16H2,1-4H3,(H,24,27)(H,25,28). The van der Waals surface area contributed by atoms with Gasteiger partial charge in [0.25, 0.3) is 0 Å². The molecule has 0 saturated heterocycles. The number of carbonyl (C=O) groups is 2. The molecule has 0 aliphatic heterocycles. The van der Waals surface area contributed by atoms with E-state index in [1.165, 1.54) is 5.56 Å². The Hall–Kier alpha value is -2.66. The Bertz CT molecular complexity index is 796. The molecule has 0 fully saturated rings. The monoisotopic (exact) mass is 381 g/mol. The maximum absolute atomic E-state index is 12.2. The number of hydrogen-bond donors (Lipinski definition) is 2. The molecule has 0 unspecified atom stereocenters. The SMILES string of the molecule is CCN(CC)CC(=O)Nc1ccc(NC(=O)CCc2ccc(C)cc2)cc1C. The molecule has 5 heteroatoms. The van der Waals surface area contributed by atoms with Crippen molar-refractivity contribution in [3.05, 3.63) is 59.2 Å². The summed E-state index contributed by atoms with van der Waals surface area (Å²) >= 11 is 0. The van der Waals surface area contributed by atoms with Gasteiger partial charge in [-0.3, -0.25) is 14.5 Å². The van der Waals surface area contributed by atoms with E-state index in [0.717, 1.165) is 35.6 Å². The van der Waals surface area contributed by atoms with E-state index in [-0.39, 0.29) is 11.8 Å². The molecule has 2 aromatic rings. The normalized spacial score (nSPS) is 10.8. The first-order valence-corrected chi connectivity index (χ1v) is 9.89. The topological polar surface area (TPSA) is 61.4 Å². The third-order valence-corrected chi connectivity index (χ3v) is 4.81. The van der Waals surface area contributed by atoms with Gasteiger partial charge >= 0.3 is 0 Å². The van der Waals surface area contributed by atoms with Gasteiger partial charge < -0.3 is 10.6 Å². The summed E-state index contributed by atoms with van der Waals surface area (Å²) in [6.07, 6.45) is 1.15. The molecular weight excluding hydrogens is 350 g/mol. The van der Waals surface area contributed by atoms with Crippen molar-refractivity contribution in [1.29, 1.82) is 0 Å². The average molecular weight is 382 g/mol. The van der Waals surface area contributed by atoms with Gasteiger partial charge in [0.1, 0.15) is 0 Å². The fraction of sp³-hybridized carbons (Fsp3) is 0.391. The summed E-state index contributed by atoms with van der Waals surface area (Å²) in [7, 11) is 0. The van der Waals surface area contributed by atoms with Gasteiger partial charge in [0.05, 0.1) is 6.54 Å². The molecule has 5 nitrogen and oxygen atoms in total. The van der Waals surface area contributed by atoms with Crippen LogP contribution in [-0.4, -0.2) is 36.3 Å². The minimum absolute atomic E-state index is 0.0155. The second-order valence-electron chi connectivity index (χ2n) is 7.07. The summed E-state index contributed by atoms with van der Waals surface area (Å²) in [4.78, 5) is 26.5. The zero-order valence-electron chi connectivity index (χ0n) is 17.3.